The Bertz CT molecular complexity index is 2260. The van der Waals surface area contributed by atoms with Crippen LogP contribution in [-0.2, 0) is 11.4 Å². The van der Waals surface area contributed by atoms with Gasteiger partial charge in [0.2, 0.25) is 0 Å². The number of fused-ring (bicyclic) bond motifs is 2. The number of aromatic nitrogens is 1. The highest BCUT2D eigenvalue weighted by Gasteiger charge is 2.33. The minimum Gasteiger partial charge on any atom is -0.496 e. The van der Waals surface area contributed by atoms with E-state index in [2.05, 4.69) is 6.07 Å². The average molecular weight is 630 g/mol. The molecule has 0 N–H and O–H groups in total. The highest BCUT2D eigenvalue weighted by atomic mass is 32.1. The van der Waals surface area contributed by atoms with E-state index in [4.69, 9.17) is 19.2 Å². The van der Waals surface area contributed by atoms with Gasteiger partial charge >= 0.3 is 0 Å². The van der Waals surface area contributed by atoms with Gasteiger partial charge in [-0.2, -0.15) is 5.26 Å². The van der Waals surface area contributed by atoms with Crippen molar-refractivity contribution in [1.29, 1.82) is 5.26 Å². The van der Waals surface area contributed by atoms with Crippen LogP contribution in [0.4, 0.5) is 0 Å². The van der Waals surface area contributed by atoms with Gasteiger partial charge in [0.1, 0.15) is 12.4 Å². The Hall–Kier alpha value is -5.46. The van der Waals surface area contributed by atoms with Gasteiger partial charge in [0, 0.05) is 22.4 Å². The Morgan fingerprint density at radius 2 is 1.78 bits per heavy atom. The topological polar surface area (TPSA) is 103 Å². The predicted octanol–water partition coefficient (Wildman–Crippen LogP) is 5.84. The Labute approximate surface area is 269 Å². The normalized spacial score (nSPS) is 14.4. The van der Waals surface area contributed by atoms with Gasteiger partial charge in [0.05, 0.1) is 35.9 Å². The van der Waals surface area contributed by atoms with Gasteiger partial charge in [0.25, 0.3) is 5.56 Å². The minimum atomic E-state index is -0.719. The second-order valence-electron chi connectivity index (χ2n) is 10.7. The molecule has 46 heavy (non-hydrogen) atoms. The molecule has 9 heteroatoms. The van der Waals surface area contributed by atoms with Gasteiger partial charge in [0.15, 0.2) is 22.1 Å². The summed E-state index contributed by atoms with van der Waals surface area (Å²) in [5.41, 5.74) is 3.56. The number of methoxy groups -OCH3 is 1. The summed E-state index contributed by atoms with van der Waals surface area (Å²) in [6.07, 6.45) is 1.80. The highest BCUT2D eigenvalue weighted by molar-refractivity contribution is 7.07. The van der Waals surface area contributed by atoms with Crippen LogP contribution in [0, 0.1) is 11.3 Å². The molecule has 1 aromatic heterocycles. The van der Waals surface area contributed by atoms with Crippen molar-refractivity contribution in [3.05, 3.63) is 132 Å². The number of nitriles is 1. The molecule has 0 bridgehead atoms. The number of allylic oxidation sites excluding steroid dienone is 2. The van der Waals surface area contributed by atoms with E-state index in [-0.39, 0.29) is 17.9 Å². The molecule has 4 aromatic carbocycles. The number of rotatable bonds is 9. The summed E-state index contributed by atoms with van der Waals surface area (Å²) in [5.74, 6) is 1.47. The van der Waals surface area contributed by atoms with Crippen LogP contribution in [0.3, 0.4) is 0 Å². The largest absolute Gasteiger partial charge is 0.496 e. The summed E-state index contributed by atoms with van der Waals surface area (Å²) in [6, 6.07) is 25.9. The second-order valence-corrected chi connectivity index (χ2v) is 11.7. The molecule has 8 nitrogen and oxygen atoms in total. The predicted molar refractivity (Wildman–Crippen MR) is 178 cm³/mol. The van der Waals surface area contributed by atoms with E-state index in [1.54, 1.807) is 36.8 Å². The lowest BCUT2D eigenvalue weighted by molar-refractivity contribution is -0.114. The summed E-state index contributed by atoms with van der Waals surface area (Å²) in [4.78, 5) is 32.6. The molecule has 2 heterocycles. The van der Waals surface area contributed by atoms with Crippen molar-refractivity contribution >= 4 is 34.0 Å². The number of hydrogen-bond donors (Lipinski definition) is 0. The smallest absolute Gasteiger partial charge is 0.271 e. The van der Waals surface area contributed by atoms with E-state index in [1.165, 1.54) is 18.3 Å². The molecule has 0 amide bonds. The van der Waals surface area contributed by atoms with Gasteiger partial charge in [-0.1, -0.05) is 65.9 Å². The molecule has 0 fully saturated rings. The average Bonchev–Trinajstić information content (AvgIpc) is 3.36. The fourth-order valence-electron chi connectivity index (χ4n) is 5.84. The zero-order chi connectivity index (χ0) is 32.4. The maximum atomic E-state index is 14.2. The summed E-state index contributed by atoms with van der Waals surface area (Å²) in [6.45, 7) is 5.82. The molecule has 5 aromatic rings. The third kappa shape index (κ3) is 5.59. The lowest BCUT2D eigenvalue weighted by Crippen LogP contribution is -2.39. The van der Waals surface area contributed by atoms with Crippen LogP contribution in [0.1, 0.15) is 49.1 Å². The fourth-order valence-corrected chi connectivity index (χ4v) is 6.89. The first kappa shape index (κ1) is 30.6. The molecular formula is C37H31N3O5S. The number of benzene rings is 4. The number of carbonyl (C=O) groups excluding carboxylic acids is 1. The third-order valence-corrected chi connectivity index (χ3v) is 8.89. The molecule has 0 spiro atoms. The highest BCUT2D eigenvalue weighted by Crippen LogP contribution is 2.40. The van der Waals surface area contributed by atoms with Gasteiger partial charge in [-0.05, 0) is 67.4 Å². The van der Waals surface area contributed by atoms with Gasteiger partial charge in [-0.25, -0.2) is 4.99 Å². The third-order valence-electron chi connectivity index (χ3n) is 7.91. The molecule has 6 rings (SSSR count). The van der Waals surface area contributed by atoms with Gasteiger partial charge < -0.3 is 14.2 Å². The van der Waals surface area contributed by atoms with Crippen LogP contribution in [0.25, 0.3) is 16.8 Å². The molecule has 0 radical (unpaired) electrons. The van der Waals surface area contributed by atoms with Crippen LogP contribution in [-0.4, -0.2) is 24.1 Å². The number of Topliss-reactive ketones (excluding diaryl/α,β-unsaturated/α-hetero) is 1. The maximum absolute atomic E-state index is 14.2. The Balaban J connectivity index is 1.46. The van der Waals surface area contributed by atoms with Crippen LogP contribution < -0.4 is 29.1 Å². The van der Waals surface area contributed by atoms with Gasteiger partial charge in [-0.3, -0.25) is 14.2 Å². The summed E-state index contributed by atoms with van der Waals surface area (Å²) in [7, 11) is 1.59. The van der Waals surface area contributed by atoms with Crippen LogP contribution in [0.15, 0.2) is 99.9 Å². The summed E-state index contributed by atoms with van der Waals surface area (Å²) >= 11 is 1.27. The van der Waals surface area contributed by atoms with Crippen LogP contribution >= 0.6 is 11.3 Å². The Kier molecular flexibility index (Phi) is 8.55. The van der Waals surface area contributed by atoms with Crippen molar-refractivity contribution in [2.45, 2.75) is 33.4 Å². The van der Waals surface area contributed by atoms with E-state index in [9.17, 15) is 14.9 Å². The van der Waals surface area contributed by atoms with Crippen molar-refractivity contribution in [2.24, 2.45) is 4.99 Å². The first-order valence-electron chi connectivity index (χ1n) is 14.8. The molecule has 1 atom stereocenters. The van der Waals surface area contributed by atoms with Crippen molar-refractivity contribution < 1.29 is 19.0 Å². The molecule has 230 valence electrons. The lowest BCUT2D eigenvalue weighted by atomic mass is 9.89. The molecule has 1 unspecified atom stereocenters. The summed E-state index contributed by atoms with van der Waals surface area (Å²) < 4.78 is 19.8. The van der Waals surface area contributed by atoms with E-state index in [0.717, 1.165) is 27.5 Å². The van der Waals surface area contributed by atoms with Crippen LogP contribution in [0.2, 0.25) is 0 Å². The SMILES string of the molecule is CCOc1cc(/C=c2\sc3n(c2=O)C(c2c(OC)ccc4ccccc24)C(C(C)=O)=C(C)N=3)ccc1OCc1ccccc1C#N. The summed E-state index contributed by atoms with van der Waals surface area (Å²) in [5, 5.41) is 11.3. The monoisotopic (exact) mass is 629 g/mol. The first-order valence-corrected chi connectivity index (χ1v) is 15.6. The quantitative estimate of drug-likeness (QED) is 0.203. The van der Waals surface area contributed by atoms with E-state index in [0.29, 0.717) is 50.0 Å². The lowest BCUT2D eigenvalue weighted by Gasteiger charge is -2.27. The van der Waals surface area contributed by atoms with Crippen molar-refractivity contribution in [3.8, 4) is 23.3 Å². The van der Waals surface area contributed by atoms with Crippen molar-refractivity contribution in [2.75, 3.05) is 13.7 Å². The molecule has 0 saturated heterocycles. The molecule has 0 saturated carbocycles. The zero-order valence-electron chi connectivity index (χ0n) is 25.9. The number of carbonyl (C=O) groups is 1. The number of hydrogen-bond acceptors (Lipinski definition) is 8. The molecular weight excluding hydrogens is 598 g/mol. The number of thiazole rings is 1. The van der Waals surface area contributed by atoms with Crippen molar-refractivity contribution in [3.63, 3.8) is 0 Å². The van der Waals surface area contributed by atoms with Crippen LogP contribution in [0.5, 0.6) is 17.2 Å². The van der Waals surface area contributed by atoms with Crippen molar-refractivity contribution in [1.82, 2.24) is 4.57 Å². The first-order chi connectivity index (χ1) is 22.3. The Morgan fingerprint density at radius 1 is 1.02 bits per heavy atom. The number of nitrogens with zero attached hydrogens (tertiary/aromatic N) is 3. The molecule has 1 aliphatic heterocycles. The fraction of sp³-hybridized carbons (Fsp3) is 0.189. The molecule has 1 aliphatic rings. The van der Waals surface area contributed by atoms with E-state index in [1.807, 2.05) is 73.7 Å². The number of ketones is 1. The zero-order valence-corrected chi connectivity index (χ0v) is 26.7. The van der Waals surface area contributed by atoms with E-state index < -0.39 is 6.04 Å². The van der Waals surface area contributed by atoms with E-state index >= 15 is 0 Å². The minimum absolute atomic E-state index is 0.162. The number of ether oxygens (including phenoxy) is 3. The van der Waals surface area contributed by atoms with Gasteiger partial charge in [-0.15, -0.1) is 0 Å². The Morgan fingerprint density at radius 3 is 2.54 bits per heavy atom. The molecule has 0 aliphatic carbocycles. The standard InChI is InChI=1S/C37H31N3O5S/c1-5-44-31-18-24(14-16-29(31)45-21-27-12-7-6-11-26(27)20-38)19-32-36(42)40-35(33(23(3)41)22(2)39-37(40)46-32)34-28-13-9-8-10-25(28)15-17-30(34)43-4/h6-19,35H,5,21H2,1-4H3/b32-19-. The maximum Gasteiger partial charge on any atom is 0.271 e. The second kappa shape index (κ2) is 12.9.